The summed E-state index contributed by atoms with van der Waals surface area (Å²) in [5.41, 5.74) is 0.589. The first-order chi connectivity index (χ1) is 13.3. The van der Waals surface area contributed by atoms with Crippen LogP contribution >= 0.6 is 11.3 Å². The van der Waals surface area contributed by atoms with Crippen molar-refractivity contribution in [3.8, 4) is 5.13 Å². The number of amides is 1. The third kappa shape index (κ3) is 3.53. The summed E-state index contributed by atoms with van der Waals surface area (Å²) in [6.07, 6.45) is -0.356. The van der Waals surface area contributed by atoms with Crippen molar-refractivity contribution >= 4 is 17.2 Å². The number of hydrogen-bond acceptors (Lipinski definition) is 5. The molecule has 0 aliphatic carbocycles. The highest BCUT2D eigenvalue weighted by atomic mass is 32.1. The largest absolute Gasteiger partial charge is 0.393 e. The number of rotatable bonds is 4. The molecule has 11 heteroatoms. The van der Waals surface area contributed by atoms with E-state index < -0.39 is 12.1 Å². The highest BCUT2D eigenvalue weighted by molar-refractivity contribution is 7.16. The van der Waals surface area contributed by atoms with Crippen LogP contribution in [0.2, 0.25) is 0 Å². The first kappa shape index (κ1) is 18.7. The second-order valence-electron chi connectivity index (χ2n) is 6.60. The maximum Gasteiger partial charge on any atom is 0.393 e. The van der Waals surface area contributed by atoms with Crippen LogP contribution in [0.5, 0.6) is 0 Å². The van der Waals surface area contributed by atoms with Gasteiger partial charge in [-0.15, -0.1) is 10.2 Å². The summed E-state index contributed by atoms with van der Waals surface area (Å²) in [6.45, 7) is 1.53. The molecule has 7 nitrogen and oxygen atoms in total. The molecule has 148 valence electrons. The molecule has 0 radical (unpaired) electrons. The molecule has 1 N–H and O–H groups in total. The summed E-state index contributed by atoms with van der Waals surface area (Å²) in [4.78, 5) is 17.4. The minimum absolute atomic E-state index is 0.00655. The van der Waals surface area contributed by atoms with E-state index in [4.69, 9.17) is 0 Å². The topological polar surface area (TPSA) is 77.6 Å². The van der Waals surface area contributed by atoms with E-state index in [1.54, 1.807) is 11.5 Å². The van der Waals surface area contributed by atoms with Gasteiger partial charge in [0.05, 0.1) is 18.2 Å². The Morgan fingerprint density at radius 2 is 2.07 bits per heavy atom. The van der Waals surface area contributed by atoms with Gasteiger partial charge < -0.3 is 14.5 Å². The fourth-order valence-corrected chi connectivity index (χ4v) is 4.14. The lowest BCUT2D eigenvalue weighted by Crippen LogP contribution is -2.33. The molecule has 0 saturated carbocycles. The third-order valence-electron chi connectivity index (χ3n) is 4.71. The van der Waals surface area contributed by atoms with Gasteiger partial charge in [-0.05, 0) is 25.5 Å². The van der Waals surface area contributed by atoms with Crippen molar-refractivity contribution in [3.63, 3.8) is 0 Å². The molecule has 0 bridgehead atoms. The summed E-state index contributed by atoms with van der Waals surface area (Å²) in [5.74, 6) is -0.911. The number of nitrogens with zero attached hydrogens (tertiary/aromatic N) is 5. The van der Waals surface area contributed by atoms with E-state index in [1.165, 1.54) is 15.9 Å². The maximum atomic E-state index is 13.0. The SMILES string of the molecule is Cc1nc(-n2cccc2)sc1C(=O)NCc1nnc2n1C[C@H](C(F)(F)F)CC2. The Morgan fingerprint density at radius 3 is 2.79 bits per heavy atom. The van der Waals surface area contributed by atoms with Crippen molar-refractivity contribution in [2.45, 2.75) is 39.0 Å². The zero-order valence-electron chi connectivity index (χ0n) is 14.9. The van der Waals surface area contributed by atoms with E-state index >= 15 is 0 Å². The van der Waals surface area contributed by atoms with Gasteiger partial charge in [-0.2, -0.15) is 13.2 Å². The van der Waals surface area contributed by atoms with E-state index in [0.717, 1.165) is 0 Å². The molecular weight excluding hydrogens is 393 g/mol. The Morgan fingerprint density at radius 1 is 1.32 bits per heavy atom. The standard InChI is InChI=1S/C17H17F3N6OS/c1-10-14(28-16(22-10)25-6-2-3-7-25)15(27)21-8-13-24-23-12-5-4-11(9-26(12)13)17(18,19)20/h2-3,6-7,11H,4-5,8-9H2,1H3,(H,21,27)/t11-/m1/s1. The van der Waals surface area contributed by atoms with Crippen molar-refractivity contribution in [2.75, 3.05) is 0 Å². The van der Waals surface area contributed by atoms with Crippen molar-refractivity contribution in [1.82, 2.24) is 29.6 Å². The second kappa shape index (κ2) is 7.04. The van der Waals surface area contributed by atoms with Gasteiger partial charge in [0, 0.05) is 25.4 Å². The predicted octanol–water partition coefficient (Wildman–Crippen LogP) is 2.89. The highest BCUT2D eigenvalue weighted by Crippen LogP contribution is 2.34. The lowest BCUT2D eigenvalue weighted by molar-refractivity contribution is -0.182. The monoisotopic (exact) mass is 410 g/mol. The zero-order valence-corrected chi connectivity index (χ0v) is 15.7. The Bertz CT molecular complexity index is 991. The van der Waals surface area contributed by atoms with Gasteiger partial charge in [-0.3, -0.25) is 4.79 Å². The lowest BCUT2D eigenvalue weighted by Gasteiger charge is -2.26. The number of alkyl halides is 3. The molecule has 1 amide bonds. The van der Waals surface area contributed by atoms with Crippen LogP contribution in [-0.4, -0.2) is 36.4 Å². The van der Waals surface area contributed by atoms with Crippen LogP contribution in [0.4, 0.5) is 13.2 Å². The first-order valence-electron chi connectivity index (χ1n) is 8.69. The van der Waals surface area contributed by atoms with Gasteiger partial charge in [0.2, 0.25) is 0 Å². The van der Waals surface area contributed by atoms with Crippen LogP contribution in [-0.2, 0) is 19.5 Å². The highest BCUT2D eigenvalue weighted by Gasteiger charge is 2.42. The van der Waals surface area contributed by atoms with Crippen LogP contribution in [0, 0.1) is 12.8 Å². The van der Waals surface area contributed by atoms with Crippen molar-refractivity contribution in [1.29, 1.82) is 0 Å². The predicted molar refractivity (Wildman–Crippen MR) is 95.2 cm³/mol. The van der Waals surface area contributed by atoms with E-state index in [0.29, 0.717) is 27.4 Å². The molecule has 3 aromatic rings. The molecule has 1 atom stereocenters. The minimum atomic E-state index is -4.25. The molecule has 0 spiro atoms. The zero-order chi connectivity index (χ0) is 19.9. The Balaban J connectivity index is 1.46. The first-order valence-corrected chi connectivity index (χ1v) is 9.51. The number of nitrogens with one attached hydrogen (secondary N) is 1. The van der Waals surface area contributed by atoms with Gasteiger partial charge in [0.25, 0.3) is 5.91 Å². The number of carbonyl (C=O) groups excluding carboxylic acids is 1. The number of aromatic nitrogens is 5. The molecule has 0 aromatic carbocycles. The lowest BCUT2D eigenvalue weighted by atomic mass is 9.99. The summed E-state index contributed by atoms with van der Waals surface area (Å²) in [7, 11) is 0. The van der Waals surface area contributed by atoms with Crippen LogP contribution < -0.4 is 5.32 Å². The molecule has 3 aromatic heterocycles. The Labute approximate surface area is 162 Å². The normalized spacial score (nSPS) is 16.8. The minimum Gasteiger partial charge on any atom is -0.344 e. The van der Waals surface area contributed by atoms with E-state index in [9.17, 15) is 18.0 Å². The summed E-state index contributed by atoms with van der Waals surface area (Å²) < 4.78 is 42.4. The molecule has 0 saturated heterocycles. The van der Waals surface area contributed by atoms with Gasteiger partial charge in [-0.1, -0.05) is 11.3 Å². The second-order valence-corrected chi connectivity index (χ2v) is 7.58. The molecular formula is C17H17F3N6OS. The van der Waals surface area contributed by atoms with Crippen LogP contribution in [0.3, 0.4) is 0 Å². The molecule has 4 heterocycles. The van der Waals surface area contributed by atoms with Gasteiger partial charge in [-0.25, -0.2) is 4.98 Å². The number of carbonyl (C=O) groups is 1. The van der Waals surface area contributed by atoms with Crippen LogP contribution in [0.25, 0.3) is 5.13 Å². The smallest absolute Gasteiger partial charge is 0.344 e. The van der Waals surface area contributed by atoms with Crippen molar-refractivity contribution in [3.05, 3.63) is 46.7 Å². The molecule has 0 fully saturated rings. The summed E-state index contributed by atoms with van der Waals surface area (Å²) in [5, 5.41) is 11.3. The fraction of sp³-hybridized carbons (Fsp3) is 0.412. The van der Waals surface area contributed by atoms with Gasteiger partial charge in [0.1, 0.15) is 10.7 Å². The average molecular weight is 410 g/mol. The summed E-state index contributed by atoms with van der Waals surface area (Å²) >= 11 is 1.24. The Kier molecular flexibility index (Phi) is 4.69. The van der Waals surface area contributed by atoms with E-state index in [2.05, 4.69) is 20.5 Å². The number of aryl methyl sites for hydroxylation is 2. The molecule has 4 rings (SSSR count). The van der Waals surface area contributed by atoms with E-state index in [1.807, 2.05) is 24.5 Å². The fourth-order valence-electron chi connectivity index (χ4n) is 3.19. The van der Waals surface area contributed by atoms with Crippen molar-refractivity contribution < 1.29 is 18.0 Å². The summed E-state index contributed by atoms with van der Waals surface area (Å²) in [6, 6.07) is 3.72. The van der Waals surface area contributed by atoms with E-state index in [-0.39, 0.29) is 31.8 Å². The van der Waals surface area contributed by atoms with Crippen LogP contribution in [0.1, 0.15) is 33.4 Å². The third-order valence-corrected chi connectivity index (χ3v) is 5.88. The molecule has 28 heavy (non-hydrogen) atoms. The van der Waals surface area contributed by atoms with Gasteiger partial charge in [0.15, 0.2) is 11.0 Å². The molecule has 1 aliphatic heterocycles. The number of thiazole rings is 1. The molecule has 0 unspecified atom stereocenters. The van der Waals surface area contributed by atoms with Crippen LogP contribution in [0.15, 0.2) is 24.5 Å². The maximum absolute atomic E-state index is 13.0. The number of halogens is 3. The number of hydrogen-bond donors (Lipinski definition) is 1. The van der Waals surface area contributed by atoms with Crippen molar-refractivity contribution in [2.24, 2.45) is 5.92 Å². The quantitative estimate of drug-likeness (QED) is 0.718. The number of fused-ring (bicyclic) bond motifs is 1. The van der Waals surface area contributed by atoms with Gasteiger partial charge >= 0.3 is 6.18 Å². The molecule has 1 aliphatic rings. The Hall–Kier alpha value is -2.69. The average Bonchev–Trinajstić information content (AvgIpc) is 3.38.